The van der Waals surface area contributed by atoms with Crippen LogP contribution in [0.5, 0.6) is 0 Å². The summed E-state index contributed by atoms with van der Waals surface area (Å²) in [6, 6.07) is 8.80. The van der Waals surface area contributed by atoms with Crippen molar-refractivity contribution >= 4 is 39.6 Å². The van der Waals surface area contributed by atoms with E-state index in [0.717, 1.165) is 29.0 Å². The third-order valence-corrected chi connectivity index (χ3v) is 8.74. The normalized spacial score (nSPS) is 18.1. The third kappa shape index (κ3) is 4.15. The molecule has 9 heteroatoms. The highest BCUT2D eigenvalue weighted by atomic mass is 19.1. The number of imidazole rings is 1. The Balaban J connectivity index is 1.26. The summed E-state index contributed by atoms with van der Waals surface area (Å²) in [4.78, 5) is 34.9. The average Bonchev–Trinajstić information content (AvgIpc) is 3.62. The summed E-state index contributed by atoms with van der Waals surface area (Å²) in [6.45, 7) is 2.35. The number of hydrogen-bond donors (Lipinski definition) is 1. The van der Waals surface area contributed by atoms with Crippen LogP contribution in [0.3, 0.4) is 0 Å². The van der Waals surface area contributed by atoms with Gasteiger partial charge < -0.3 is 19.7 Å². The second kappa shape index (κ2) is 9.80. The number of carbonyl (C=O) groups is 2. The molecule has 0 saturated heterocycles. The summed E-state index contributed by atoms with van der Waals surface area (Å²) in [6.07, 6.45) is 11.8. The van der Waals surface area contributed by atoms with Gasteiger partial charge in [0, 0.05) is 56.6 Å². The summed E-state index contributed by atoms with van der Waals surface area (Å²) in [5, 5.41) is 3.97. The van der Waals surface area contributed by atoms with Crippen LogP contribution in [-0.4, -0.2) is 62.2 Å². The predicted molar refractivity (Wildman–Crippen MR) is 152 cm³/mol. The minimum Gasteiger partial charge on any atom is -0.375 e. The maximum atomic E-state index is 15.1. The highest BCUT2D eigenvalue weighted by Gasteiger charge is 2.32. The number of amides is 2. The molecule has 2 aliphatic heterocycles. The van der Waals surface area contributed by atoms with E-state index in [1.54, 1.807) is 6.20 Å². The van der Waals surface area contributed by atoms with Crippen molar-refractivity contribution in [2.75, 3.05) is 26.7 Å². The fraction of sp³-hybridized carbons (Fsp3) is 0.387. The molecule has 4 aromatic rings. The summed E-state index contributed by atoms with van der Waals surface area (Å²) in [5.41, 5.74) is 5.17. The van der Waals surface area contributed by atoms with Gasteiger partial charge in [0.1, 0.15) is 11.5 Å². The molecular formula is C31H33FN6O2. The molecule has 3 aliphatic rings. The Kier molecular flexibility index (Phi) is 6.09. The Morgan fingerprint density at radius 1 is 1.18 bits per heavy atom. The van der Waals surface area contributed by atoms with Crippen LogP contribution in [0, 0.1) is 11.7 Å². The van der Waals surface area contributed by atoms with Crippen molar-refractivity contribution < 1.29 is 14.0 Å². The quantitative estimate of drug-likeness (QED) is 0.399. The molecule has 1 aromatic carbocycles. The van der Waals surface area contributed by atoms with E-state index in [-0.39, 0.29) is 24.2 Å². The first-order valence-corrected chi connectivity index (χ1v) is 14.2. The first-order valence-electron chi connectivity index (χ1n) is 14.2. The van der Waals surface area contributed by atoms with Gasteiger partial charge in [0.2, 0.25) is 0 Å². The number of Topliss-reactive ketones (excluding diaryl/α,β-unsaturated/α-hetero) is 1. The SMILES string of the molecule is CN(CC1CCCCC1)C(=O)N1CCn2cc(C3=C(c4cnc5ccccn45)NCC3=O)c3cc(F)cc(c32)C1. The number of fused-ring (bicyclic) bond motifs is 1. The molecule has 7 rings (SSSR count). The highest BCUT2D eigenvalue weighted by molar-refractivity contribution is 6.33. The summed E-state index contributed by atoms with van der Waals surface area (Å²) in [7, 11) is 1.88. The summed E-state index contributed by atoms with van der Waals surface area (Å²) in [5.74, 6) is 0.144. The van der Waals surface area contributed by atoms with Crippen LogP contribution in [0.1, 0.15) is 48.9 Å². The average molecular weight is 541 g/mol. The minimum atomic E-state index is -0.373. The van der Waals surface area contributed by atoms with E-state index in [4.69, 9.17) is 0 Å². The van der Waals surface area contributed by atoms with Crippen LogP contribution in [0.2, 0.25) is 0 Å². The molecular weight excluding hydrogens is 507 g/mol. The Morgan fingerprint density at radius 2 is 2.02 bits per heavy atom. The van der Waals surface area contributed by atoms with Crippen LogP contribution in [0.15, 0.2) is 48.9 Å². The number of carbonyl (C=O) groups excluding carboxylic acids is 2. The lowest BCUT2D eigenvalue weighted by atomic mass is 9.89. The lowest BCUT2D eigenvalue weighted by Crippen LogP contribution is -2.43. The van der Waals surface area contributed by atoms with E-state index >= 15 is 4.39 Å². The van der Waals surface area contributed by atoms with Gasteiger partial charge in [-0.05, 0) is 48.6 Å². The molecule has 3 aromatic heterocycles. The fourth-order valence-corrected chi connectivity index (χ4v) is 6.84. The fourth-order valence-electron chi connectivity index (χ4n) is 6.84. The smallest absolute Gasteiger partial charge is 0.320 e. The molecule has 206 valence electrons. The minimum absolute atomic E-state index is 0.0123. The van der Waals surface area contributed by atoms with Crippen LogP contribution in [0.25, 0.3) is 27.8 Å². The molecule has 5 heterocycles. The zero-order valence-corrected chi connectivity index (χ0v) is 22.7. The number of hydrogen-bond acceptors (Lipinski definition) is 4. The Morgan fingerprint density at radius 3 is 2.88 bits per heavy atom. The van der Waals surface area contributed by atoms with E-state index in [1.165, 1.54) is 44.2 Å². The number of nitrogens with one attached hydrogen (secondary N) is 1. The molecule has 1 fully saturated rings. The second-order valence-electron chi connectivity index (χ2n) is 11.4. The number of benzene rings is 1. The first kappa shape index (κ1) is 24.9. The van der Waals surface area contributed by atoms with Crippen molar-refractivity contribution in [2.24, 2.45) is 5.92 Å². The number of aromatic nitrogens is 3. The van der Waals surface area contributed by atoms with Crippen LogP contribution in [-0.2, 0) is 17.9 Å². The molecule has 0 spiro atoms. The Hall–Kier alpha value is -4.14. The lowest BCUT2D eigenvalue weighted by molar-refractivity contribution is -0.112. The molecule has 0 unspecified atom stereocenters. The van der Waals surface area contributed by atoms with Gasteiger partial charge in [0.05, 0.1) is 35.2 Å². The maximum Gasteiger partial charge on any atom is 0.320 e. The maximum absolute atomic E-state index is 15.1. The summed E-state index contributed by atoms with van der Waals surface area (Å²) < 4.78 is 19.2. The first-order chi connectivity index (χ1) is 19.5. The molecule has 0 bridgehead atoms. The highest BCUT2D eigenvalue weighted by Crippen LogP contribution is 2.38. The van der Waals surface area contributed by atoms with Crippen LogP contribution < -0.4 is 5.32 Å². The van der Waals surface area contributed by atoms with Crippen molar-refractivity contribution in [3.05, 3.63) is 71.6 Å². The largest absolute Gasteiger partial charge is 0.375 e. The van der Waals surface area contributed by atoms with E-state index in [0.29, 0.717) is 47.8 Å². The zero-order chi connectivity index (χ0) is 27.4. The molecule has 40 heavy (non-hydrogen) atoms. The molecule has 1 N–H and O–H groups in total. The molecule has 1 aliphatic carbocycles. The number of nitrogens with zero attached hydrogens (tertiary/aromatic N) is 5. The van der Waals surface area contributed by atoms with Crippen molar-refractivity contribution in [1.29, 1.82) is 0 Å². The van der Waals surface area contributed by atoms with Gasteiger partial charge in [-0.15, -0.1) is 0 Å². The van der Waals surface area contributed by atoms with Crippen molar-refractivity contribution in [1.82, 2.24) is 29.1 Å². The van der Waals surface area contributed by atoms with Crippen molar-refractivity contribution in [3.63, 3.8) is 0 Å². The van der Waals surface area contributed by atoms with Gasteiger partial charge in [-0.2, -0.15) is 0 Å². The third-order valence-electron chi connectivity index (χ3n) is 8.74. The van der Waals surface area contributed by atoms with Gasteiger partial charge in [-0.25, -0.2) is 14.2 Å². The number of ketones is 1. The zero-order valence-electron chi connectivity index (χ0n) is 22.7. The van der Waals surface area contributed by atoms with Gasteiger partial charge in [0.15, 0.2) is 5.78 Å². The van der Waals surface area contributed by atoms with Crippen LogP contribution in [0.4, 0.5) is 9.18 Å². The number of urea groups is 1. The van der Waals surface area contributed by atoms with Gasteiger partial charge >= 0.3 is 6.03 Å². The van der Waals surface area contributed by atoms with E-state index in [2.05, 4.69) is 14.9 Å². The number of halogens is 1. The van der Waals surface area contributed by atoms with Crippen molar-refractivity contribution in [3.8, 4) is 0 Å². The number of rotatable bonds is 4. The Labute approximate surface area is 232 Å². The lowest BCUT2D eigenvalue weighted by Gasteiger charge is -2.31. The van der Waals surface area contributed by atoms with E-state index in [1.807, 2.05) is 51.8 Å². The van der Waals surface area contributed by atoms with Crippen molar-refractivity contribution in [2.45, 2.75) is 45.2 Å². The topological polar surface area (TPSA) is 74.9 Å². The molecule has 1 saturated carbocycles. The second-order valence-corrected chi connectivity index (χ2v) is 11.4. The predicted octanol–water partition coefficient (Wildman–Crippen LogP) is 4.92. The number of pyridine rings is 1. The van der Waals surface area contributed by atoms with E-state index in [9.17, 15) is 9.59 Å². The molecule has 8 nitrogen and oxygen atoms in total. The van der Waals surface area contributed by atoms with E-state index < -0.39 is 0 Å². The molecule has 2 amide bonds. The van der Waals surface area contributed by atoms with Gasteiger partial charge in [0.25, 0.3) is 0 Å². The van der Waals surface area contributed by atoms with Crippen LogP contribution >= 0.6 is 0 Å². The molecule has 0 atom stereocenters. The van der Waals surface area contributed by atoms with Gasteiger partial charge in [-0.3, -0.25) is 9.20 Å². The monoisotopic (exact) mass is 540 g/mol. The Bertz CT molecular complexity index is 1680. The standard InChI is InChI=1S/C31H33FN6O2/c1-35(17-20-7-3-2-4-8-20)31(40)37-12-11-36-19-24(23-14-22(32)13-21(18-37)30(23)36)28-26(39)16-34-29(28)25-15-33-27-9-5-6-10-38(25)27/h5-6,9-10,13-15,19-20,34H,2-4,7-8,11-12,16-18H2,1H3. The molecule has 0 radical (unpaired) electrons. The van der Waals surface area contributed by atoms with Gasteiger partial charge in [-0.1, -0.05) is 25.3 Å². The summed E-state index contributed by atoms with van der Waals surface area (Å²) >= 11 is 0.